The third-order valence-electron chi connectivity index (χ3n) is 4.53. The number of carbonyl (C=O) groups is 1. The number of carbonyl (C=O) groups excluding carboxylic acids is 1. The first-order chi connectivity index (χ1) is 10.8. The van der Waals surface area contributed by atoms with Crippen LogP contribution in [0.1, 0.15) is 48.5 Å². The van der Waals surface area contributed by atoms with Gasteiger partial charge in [0.1, 0.15) is 0 Å². The molecule has 0 aromatic heterocycles. The van der Waals surface area contributed by atoms with E-state index in [-0.39, 0.29) is 5.91 Å². The maximum absolute atomic E-state index is 12.2. The second-order valence-corrected chi connectivity index (χ2v) is 6.08. The van der Waals surface area contributed by atoms with Crippen molar-refractivity contribution in [3.63, 3.8) is 0 Å². The van der Waals surface area contributed by atoms with Crippen LogP contribution in [0.25, 0.3) is 11.1 Å². The third kappa shape index (κ3) is 3.38. The van der Waals surface area contributed by atoms with Crippen molar-refractivity contribution >= 4 is 5.91 Å². The van der Waals surface area contributed by atoms with Crippen LogP contribution in [-0.4, -0.2) is 11.9 Å². The van der Waals surface area contributed by atoms with Gasteiger partial charge in [-0.15, -0.1) is 0 Å². The number of nitrogens with one attached hydrogen (secondary N) is 1. The fourth-order valence-corrected chi connectivity index (χ4v) is 3.09. The zero-order chi connectivity index (χ0) is 15.4. The summed E-state index contributed by atoms with van der Waals surface area (Å²) in [7, 11) is 0. The van der Waals surface area contributed by atoms with Crippen LogP contribution in [0.4, 0.5) is 0 Å². The molecule has 114 valence electrons. The summed E-state index contributed by atoms with van der Waals surface area (Å²) in [6.07, 6.45) is 5.76. The molecule has 0 saturated heterocycles. The van der Waals surface area contributed by atoms with Gasteiger partial charge < -0.3 is 5.32 Å². The Morgan fingerprint density at radius 3 is 2.05 bits per heavy atom. The Balaban J connectivity index is 1.69. The first-order valence-electron chi connectivity index (χ1n) is 8.26. The summed E-state index contributed by atoms with van der Waals surface area (Å²) < 4.78 is 0. The molecule has 1 aliphatic rings. The second kappa shape index (κ2) is 6.78. The van der Waals surface area contributed by atoms with Gasteiger partial charge in [0.25, 0.3) is 5.91 Å². The highest BCUT2D eigenvalue weighted by molar-refractivity contribution is 5.94. The van der Waals surface area contributed by atoms with E-state index in [1.54, 1.807) is 0 Å². The molecule has 0 unspecified atom stereocenters. The van der Waals surface area contributed by atoms with E-state index in [1.165, 1.54) is 24.0 Å². The van der Waals surface area contributed by atoms with Crippen LogP contribution in [0, 0.1) is 0 Å². The quantitative estimate of drug-likeness (QED) is 0.877. The van der Waals surface area contributed by atoms with Gasteiger partial charge in [-0.2, -0.15) is 0 Å². The molecular weight excluding hydrogens is 270 g/mol. The van der Waals surface area contributed by atoms with E-state index >= 15 is 0 Å². The van der Waals surface area contributed by atoms with Crippen molar-refractivity contribution in [1.29, 1.82) is 0 Å². The molecule has 3 rings (SSSR count). The Labute approximate surface area is 132 Å². The lowest BCUT2D eigenvalue weighted by Gasteiger charge is -2.12. The predicted octanol–water partition coefficient (Wildman–Crippen LogP) is 4.59. The molecule has 0 spiro atoms. The minimum Gasteiger partial charge on any atom is -0.349 e. The minimum atomic E-state index is 0.0554. The van der Waals surface area contributed by atoms with E-state index in [9.17, 15) is 4.79 Å². The fraction of sp³-hybridized carbons (Fsp3) is 0.350. The van der Waals surface area contributed by atoms with Crippen LogP contribution < -0.4 is 5.32 Å². The molecule has 2 nitrogen and oxygen atoms in total. The Kier molecular flexibility index (Phi) is 4.57. The summed E-state index contributed by atoms with van der Waals surface area (Å²) in [5.74, 6) is 0.0554. The third-order valence-corrected chi connectivity index (χ3v) is 4.53. The Morgan fingerprint density at radius 1 is 0.955 bits per heavy atom. The second-order valence-electron chi connectivity index (χ2n) is 6.08. The molecular formula is C20H23NO. The molecule has 0 radical (unpaired) electrons. The SMILES string of the molecule is CCc1ccc(-c2ccc(C(=O)NC3CCCC3)cc2)cc1. The summed E-state index contributed by atoms with van der Waals surface area (Å²) in [4.78, 5) is 12.2. The van der Waals surface area contributed by atoms with Crippen LogP contribution in [-0.2, 0) is 6.42 Å². The van der Waals surface area contributed by atoms with Crippen LogP contribution in [0.3, 0.4) is 0 Å². The topological polar surface area (TPSA) is 29.1 Å². The van der Waals surface area contributed by atoms with Crippen molar-refractivity contribution in [2.45, 2.75) is 45.1 Å². The van der Waals surface area contributed by atoms with Gasteiger partial charge in [-0.05, 0) is 48.1 Å². The number of hydrogen-bond donors (Lipinski definition) is 1. The van der Waals surface area contributed by atoms with Gasteiger partial charge >= 0.3 is 0 Å². The van der Waals surface area contributed by atoms with Crippen molar-refractivity contribution in [2.75, 3.05) is 0 Å². The maximum atomic E-state index is 12.2. The van der Waals surface area contributed by atoms with E-state index in [2.05, 4.69) is 36.5 Å². The molecule has 0 bridgehead atoms. The number of rotatable bonds is 4. The molecule has 0 atom stereocenters. The van der Waals surface area contributed by atoms with E-state index in [4.69, 9.17) is 0 Å². The highest BCUT2D eigenvalue weighted by Crippen LogP contribution is 2.21. The zero-order valence-electron chi connectivity index (χ0n) is 13.1. The molecule has 1 amide bonds. The minimum absolute atomic E-state index is 0.0554. The fourth-order valence-electron chi connectivity index (χ4n) is 3.09. The zero-order valence-corrected chi connectivity index (χ0v) is 13.1. The molecule has 0 heterocycles. The van der Waals surface area contributed by atoms with Crippen LogP contribution in [0.5, 0.6) is 0 Å². The van der Waals surface area contributed by atoms with Crippen LogP contribution >= 0.6 is 0 Å². The monoisotopic (exact) mass is 293 g/mol. The van der Waals surface area contributed by atoms with Crippen molar-refractivity contribution in [1.82, 2.24) is 5.32 Å². The first kappa shape index (κ1) is 14.8. The molecule has 0 aliphatic heterocycles. The Bertz CT molecular complexity index is 622. The van der Waals surface area contributed by atoms with Gasteiger partial charge in [0.05, 0.1) is 0 Å². The van der Waals surface area contributed by atoms with Gasteiger partial charge in [-0.1, -0.05) is 56.2 Å². The van der Waals surface area contributed by atoms with Crippen LogP contribution in [0.2, 0.25) is 0 Å². The van der Waals surface area contributed by atoms with Gasteiger partial charge in [0, 0.05) is 11.6 Å². The molecule has 2 heteroatoms. The molecule has 1 aliphatic carbocycles. The molecule has 1 saturated carbocycles. The molecule has 22 heavy (non-hydrogen) atoms. The van der Waals surface area contributed by atoms with Crippen LogP contribution in [0.15, 0.2) is 48.5 Å². The Hall–Kier alpha value is -2.09. The molecule has 2 aromatic rings. The summed E-state index contributed by atoms with van der Waals surface area (Å²) in [5, 5.41) is 3.13. The first-order valence-corrected chi connectivity index (χ1v) is 8.26. The summed E-state index contributed by atoms with van der Waals surface area (Å²) in [6.45, 7) is 2.16. The van der Waals surface area contributed by atoms with E-state index < -0.39 is 0 Å². The largest absolute Gasteiger partial charge is 0.349 e. The van der Waals surface area contributed by atoms with Crippen molar-refractivity contribution < 1.29 is 4.79 Å². The van der Waals surface area contributed by atoms with Crippen molar-refractivity contribution in [2.24, 2.45) is 0 Å². The van der Waals surface area contributed by atoms with Gasteiger partial charge in [0.15, 0.2) is 0 Å². The summed E-state index contributed by atoms with van der Waals surface area (Å²) in [6, 6.07) is 16.9. The number of amides is 1. The standard InChI is InChI=1S/C20H23NO/c1-2-15-7-9-16(10-8-15)17-11-13-18(14-12-17)20(22)21-19-5-3-4-6-19/h7-14,19H,2-6H2,1H3,(H,21,22). The Morgan fingerprint density at radius 2 is 1.50 bits per heavy atom. The normalized spacial score (nSPS) is 15.0. The lowest BCUT2D eigenvalue weighted by molar-refractivity contribution is 0.0938. The number of hydrogen-bond acceptors (Lipinski definition) is 1. The summed E-state index contributed by atoms with van der Waals surface area (Å²) >= 11 is 0. The summed E-state index contributed by atoms with van der Waals surface area (Å²) in [5.41, 5.74) is 4.44. The van der Waals surface area contributed by atoms with Gasteiger partial charge in [0.2, 0.25) is 0 Å². The van der Waals surface area contributed by atoms with Gasteiger partial charge in [-0.25, -0.2) is 0 Å². The number of aryl methyl sites for hydroxylation is 1. The smallest absolute Gasteiger partial charge is 0.251 e. The average Bonchev–Trinajstić information content (AvgIpc) is 3.08. The molecule has 1 N–H and O–H groups in total. The van der Waals surface area contributed by atoms with Crippen molar-refractivity contribution in [3.8, 4) is 11.1 Å². The highest BCUT2D eigenvalue weighted by Gasteiger charge is 2.17. The lowest BCUT2D eigenvalue weighted by atomic mass is 10.0. The van der Waals surface area contributed by atoms with E-state index in [0.29, 0.717) is 6.04 Å². The molecule has 2 aromatic carbocycles. The average molecular weight is 293 g/mol. The van der Waals surface area contributed by atoms with E-state index in [1.807, 2.05) is 24.3 Å². The van der Waals surface area contributed by atoms with Gasteiger partial charge in [-0.3, -0.25) is 4.79 Å². The molecule has 1 fully saturated rings. The lowest BCUT2D eigenvalue weighted by Crippen LogP contribution is -2.32. The van der Waals surface area contributed by atoms with Crippen molar-refractivity contribution in [3.05, 3.63) is 59.7 Å². The predicted molar refractivity (Wildman–Crippen MR) is 91.0 cm³/mol. The van der Waals surface area contributed by atoms with E-state index in [0.717, 1.165) is 30.4 Å². The highest BCUT2D eigenvalue weighted by atomic mass is 16.1. The number of benzene rings is 2. The maximum Gasteiger partial charge on any atom is 0.251 e.